The minimum absolute atomic E-state index is 0.0928. The second kappa shape index (κ2) is 7.35. The zero-order chi connectivity index (χ0) is 15.2. The molecule has 21 heavy (non-hydrogen) atoms. The van der Waals surface area contributed by atoms with E-state index in [-0.39, 0.29) is 18.0 Å². The summed E-state index contributed by atoms with van der Waals surface area (Å²) in [5, 5.41) is 2.78. The number of hydrogen-bond acceptors (Lipinski definition) is 2. The quantitative estimate of drug-likeness (QED) is 0.800. The average molecular weight is 291 g/mol. The Morgan fingerprint density at radius 3 is 2.38 bits per heavy atom. The third kappa shape index (κ3) is 4.38. The molecular formula is C16H25N3O2. The summed E-state index contributed by atoms with van der Waals surface area (Å²) < 4.78 is 0. The number of nitrogens with zero attached hydrogens (tertiary/aromatic N) is 2. The third-order valence-electron chi connectivity index (χ3n) is 4.41. The van der Waals surface area contributed by atoms with E-state index in [1.807, 2.05) is 4.90 Å². The van der Waals surface area contributed by atoms with Crippen LogP contribution >= 0.6 is 0 Å². The molecule has 0 aromatic rings. The van der Waals surface area contributed by atoms with Crippen LogP contribution in [0.3, 0.4) is 0 Å². The van der Waals surface area contributed by atoms with E-state index < -0.39 is 0 Å². The summed E-state index contributed by atoms with van der Waals surface area (Å²) in [6, 6.07) is -0.336. The lowest BCUT2D eigenvalue weighted by atomic mass is 9.93. The summed E-state index contributed by atoms with van der Waals surface area (Å²) in [6.07, 6.45) is 9.97. The molecule has 5 nitrogen and oxygen atoms in total. The van der Waals surface area contributed by atoms with Gasteiger partial charge in [-0.1, -0.05) is 5.92 Å². The highest BCUT2D eigenvalue weighted by atomic mass is 16.2. The van der Waals surface area contributed by atoms with Crippen molar-refractivity contribution in [1.82, 2.24) is 15.1 Å². The molecule has 2 aliphatic heterocycles. The second-order valence-corrected chi connectivity index (χ2v) is 6.06. The summed E-state index contributed by atoms with van der Waals surface area (Å²) in [7, 11) is 0. The number of piperidine rings is 1. The molecule has 0 bridgehead atoms. The highest BCUT2D eigenvalue weighted by Crippen LogP contribution is 2.22. The molecule has 1 N–H and O–H groups in total. The van der Waals surface area contributed by atoms with E-state index in [2.05, 4.69) is 11.2 Å². The van der Waals surface area contributed by atoms with Gasteiger partial charge in [0.25, 0.3) is 0 Å². The Kier molecular flexibility index (Phi) is 5.49. The first-order valence-corrected chi connectivity index (χ1v) is 7.89. The predicted molar refractivity (Wildman–Crippen MR) is 81.6 cm³/mol. The smallest absolute Gasteiger partial charge is 0.318 e. The van der Waals surface area contributed by atoms with Gasteiger partial charge in [-0.15, -0.1) is 6.42 Å². The first kappa shape index (κ1) is 15.7. The molecule has 0 unspecified atom stereocenters. The molecule has 0 spiro atoms. The van der Waals surface area contributed by atoms with Crippen molar-refractivity contribution in [1.29, 1.82) is 0 Å². The molecule has 2 saturated heterocycles. The topological polar surface area (TPSA) is 52.7 Å². The normalized spacial score (nSPS) is 21.0. The summed E-state index contributed by atoms with van der Waals surface area (Å²) in [4.78, 5) is 27.8. The molecule has 3 amide bonds. The molecule has 1 atom stereocenters. The maximum absolute atomic E-state index is 12.1. The van der Waals surface area contributed by atoms with Crippen LogP contribution in [-0.4, -0.2) is 54.0 Å². The molecule has 0 aromatic carbocycles. The minimum Gasteiger partial charge on any atom is -0.343 e. The van der Waals surface area contributed by atoms with E-state index in [0.29, 0.717) is 25.4 Å². The van der Waals surface area contributed by atoms with Crippen molar-refractivity contribution >= 4 is 11.9 Å². The Balaban J connectivity index is 1.71. The van der Waals surface area contributed by atoms with E-state index >= 15 is 0 Å². The van der Waals surface area contributed by atoms with E-state index in [4.69, 9.17) is 6.42 Å². The molecule has 2 fully saturated rings. The molecule has 2 rings (SSSR count). The van der Waals surface area contributed by atoms with Crippen molar-refractivity contribution in [3.05, 3.63) is 0 Å². The van der Waals surface area contributed by atoms with Gasteiger partial charge in [0.1, 0.15) is 0 Å². The number of amides is 3. The second-order valence-electron chi connectivity index (χ2n) is 6.06. The van der Waals surface area contributed by atoms with Gasteiger partial charge in [-0.25, -0.2) is 4.79 Å². The lowest BCUT2D eigenvalue weighted by Crippen LogP contribution is -2.47. The summed E-state index contributed by atoms with van der Waals surface area (Å²) in [5.74, 6) is 3.19. The molecule has 0 aliphatic carbocycles. The van der Waals surface area contributed by atoms with Gasteiger partial charge in [-0.2, -0.15) is 0 Å². The van der Waals surface area contributed by atoms with Gasteiger partial charge in [0.2, 0.25) is 5.91 Å². The van der Waals surface area contributed by atoms with Crippen molar-refractivity contribution in [3.8, 4) is 12.3 Å². The molecule has 2 aliphatic rings. The number of likely N-dealkylation sites (tertiary alicyclic amines) is 2. The van der Waals surface area contributed by atoms with Crippen LogP contribution in [-0.2, 0) is 4.79 Å². The minimum atomic E-state index is -0.244. The summed E-state index contributed by atoms with van der Waals surface area (Å²) in [6.45, 7) is 5.05. The maximum atomic E-state index is 12.1. The maximum Gasteiger partial charge on any atom is 0.318 e. The SMILES string of the molecule is C#C[C@H](C)NC(=O)N1CCC(CC(=O)N2CCCC2)CC1. The number of carbonyl (C=O) groups is 2. The fourth-order valence-corrected chi connectivity index (χ4v) is 3.00. The van der Waals surface area contributed by atoms with E-state index in [1.165, 1.54) is 0 Å². The molecule has 0 saturated carbocycles. The summed E-state index contributed by atoms with van der Waals surface area (Å²) in [5.41, 5.74) is 0. The Labute approximate surface area is 127 Å². The average Bonchev–Trinajstić information content (AvgIpc) is 3.02. The lowest BCUT2D eigenvalue weighted by Gasteiger charge is -2.32. The number of rotatable bonds is 3. The Hall–Kier alpha value is -1.70. The van der Waals surface area contributed by atoms with Crippen molar-refractivity contribution in [2.24, 2.45) is 5.92 Å². The van der Waals surface area contributed by atoms with E-state index in [1.54, 1.807) is 11.8 Å². The predicted octanol–water partition coefficient (Wildman–Crippen LogP) is 1.44. The van der Waals surface area contributed by atoms with Crippen molar-refractivity contribution in [3.63, 3.8) is 0 Å². The van der Waals surface area contributed by atoms with Crippen LogP contribution in [0.2, 0.25) is 0 Å². The van der Waals surface area contributed by atoms with Gasteiger partial charge in [0.15, 0.2) is 0 Å². The van der Waals surface area contributed by atoms with Crippen LogP contribution in [0.4, 0.5) is 4.79 Å². The van der Waals surface area contributed by atoms with Gasteiger partial charge in [0, 0.05) is 32.6 Å². The van der Waals surface area contributed by atoms with Crippen LogP contribution in [0.5, 0.6) is 0 Å². The third-order valence-corrected chi connectivity index (χ3v) is 4.41. The Morgan fingerprint density at radius 2 is 1.81 bits per heavy atom. The van der Waals surface area contributed by atoms with Crippen molar-refractivity contribution in [2.45, 2.75) is 45.1 Å². The fraction of sp³-hybridized carbons (Fsp3) is 0.750. The fourth-order valence-electron chi connectivity index (χ4n) is 3.00. The highest BCUT2D eigenvalue weighted by molar-refractivity contribution is 5.77. The Bertz CT molecular complexity index is 416. The number of hydrogen-bond donors (Lipinski definition) is 1. The molecule has 2 heterocycles. The van der Waals surface area contributed by atoms with Gasteiger partial charge in [0.05, 0.1) is 6.04 Å². The van der Waals surface area contributed by atoms with Crippen molar-refractivity contribution in [2.75, 3.05) is 26.2 Å². The zero-order valence-corrected chi connectivity index (χ0v) is 12.8. The number of carbonyl (C=O) groups excluding carboxylic acids is 2. The Morgan fingerprint density at radius 1 is 1.19 bits per heavy atom. The van der Waals surface area contributed by atoms with E-state index in [9.17, 15) is 9.59 Å². The van der Waals surface area contributed by atoms with Crippen LogP contribution in [0.1, 0.15) is 39.0 Å². The number of nitrogens with one attached hydrogen (secondary N) is 1. The summed E-state index contributed by atoms with van der Waals surface area (Å²) >= 11 is 0. The first-order valence-electron chi connectivity index (χ1n) is 7.89. The van der Waals surface area contributed by atoms with Gasteiger partial charge in [-0.05, 0) is 38.5 Å². The van der Waals surface area contributed by atoms with Crippen LogP contribution in [0, 0.1) is 18.3 Å². The van der Waals surface area contributed by atoms with Gasteiger partial charge in [-0.3, -0.25) is 4.79 Å². The molecule has 0 radical (unpaired) electrons. The van der Waals surface area contributed by atoms with Gasteiger partial charge < -0.3 is 15.1 Å². The molecule has 5 heteroatoms. The number of terminal acetylenes is 1. The van der Waals surface area contributed by atoms with Gasteiger partial charge >= 0.3 is 6.03 Å². The highest BCUT2D eigenvalue weighted by Gasteiger charge is 2.27. The largest absolute Gasteiger partial charge is 0.343 e. The monoisotopic (exact) mass is 291 g/mol. The van der Waals surface area contributed by atoms with Crippen LogP contribution in [0.25, 0.3) is 0 Å². The lowest BCUT2D eigenvalue weighted by molar-refractivity contribution is -0.131. The van der Waals surface area contributed by atoms with E-state index in [0.717, 1.165) is 38.8 Å². The van der Waals surface area contributed by atoms with Crippen molar-refractivity contribution < 1.29 is 9.59 Å². The van der Waals surface area contributed by atoms with Crippen LogP contribution < -0.4 is 5.32 Å². The zero-order valence-electron chi connectivity index (χ0n) is 12.8. The molecular weight excluding hydrogens is 266 g/mol. The van der Waals surface area contributed by atoms with Crippen LogP contribution in [0.15, 0.2) is 0 Å². The molecule has 0 aromatic heterocycles. The number of urea groups is 1. The molecule has 116 valence electrons. The first-order chi connectivity index (χ1) is 10.1. The standard InChI is InChI=1S/C16H25N3O2/c1-3-13(2)17-16(21)19-10-6-14(7-11-19)12-15(20)18-8-4-5-9-18/h1,13-14H,4-12H2,2H3,(H,17,21)/t13-/m0/s1.